The van der Waals surface area contributed by atoms with E-state index in [1.807, 2.05) is 6.07 Å². The number of hydrogen-bond donors (Lipinski definition) is 2. The van der Waals surface area contributed by atoms with Crippen LogP contribution >= 0.6 is 0 Å². The average molecular weight is 260 g/mol. The molecule has 0 radical (unpaired) electrons. The number of nitrogens with zero attached hydrogens (tertiary/aromatic N) is 1. The van der Waals surface area contributed by atoms with Crippen LogP contribution in [0, 0.1) is 0 Å². The quantitative estimate of drug-likeness (QED) is 0.712. The molecule has 3 rings (SSSR count). The van der Waals surface area contributed by atoms with Crippen molar-refractivity contribution in [3.05, 3.63) is 35.4 Å². The van der Waals surface area contributed by atoms with Crippen LogP contribution in [0.4, 0.5) is 0 Å². The fourth-order valence-corrected chi connectivity index (χ4v) is 2.84. The number of benzene rings is 1. The van der Waals surface area contributed by atoms with Crippen molar-refractivity contribution in [2.24, 2.45) is 0 Å². The van der Waals surface area contributed by atoms with E-state index in [1.165, 1.54) is 4.90 Å². The number of aliphatic hydroxyl groups is 1. The Morgan fingerprint density at radius 1 is 1.26 bits per heavy atom. The summed E-state index contributed by atoms with van der Waals surface area (Å²) >= 11 is 0. The highest BCUT2D eigenvalue weighted by molar-refractivity contribution is 6.10. The van der Waals surface area contributed by atoms with E-state index in [9.17, 15) is 14.7 Å². The zero-order chi connectivity index (χ0) is 13.4. The second kappa shape index (κ2) is 4.75. The molecular formula is C14H16N2O3. The number of rotatable bonds is 1. The van der Waals surface area contributed by atoms with E-state index in [2.05, 4.69) is 5.32 Å². The van der Waals surface area contributed by atoms with E-state index in [-0.39, 0.29) is 18.2 Å². The highest BCUT2D eigenvalue weighted by Crippen LogP contribution is 2.25. The average Bonchev–Trinajstić information content (AvgIpc) is 2.41. The zero-order valence-corrected chi connectivity index (χ0v) is 10.5. The van der Waals surface area contributed by atoms with Gasteiger partial charge in [-0.2, -0.15) is 0 Å². The maximum Gasteiger partial charge on any atom is 0.261 e. The maximum absolute atomic E-state index is 12.4. The molecule has 2 aliphatic heterocycles. The molecule has 2 aliphatic rings. The van der Waals surface area contributed by atoms with E-state index in [4.69, 9.17) is 0 Å². The molecule has 1 saturated heterocycles. The Bertz CT molecular complexity index is 529. The summed E-state index contributed by atoms with van der Waals surface area (Å²) in [5.74, 6) is -0.518. The molecule has 2 heterocycles. The summed E-state index contributed by atoms with van der Waals surface area (Å²) in [6, 6.07) is 6.70. The molecule has 0 saturated carbocycles. The molecule has 5 nitrogen and oxygen atoms in total. The van der Waals surface area contributed by atoms with Crippen molar-refractivity contribution in [2.45, 2.75) is 31.5 Å². The molecule has 5 heteroatoms. The van der Waals surface area contributed by atoms with Gasteiger partial charge in [0.2, 0.25) is 5.91 Å². The van der Waals surface area contributed by atoms with Crippen molar-refractivity contribution >= 4 is 11.8 Å². The van der Waals surface area contributed by atoms with Crippen LogP contribution < -0.4 is 5.32 Å². The van der Waals surface area contributed by atoms with Crippen LogP contribution in [0.5, 0.6) is 0 Å². The Balaban J connectivity index is 1.95. The lowest BCUT2D eigenvalue weighted by Crippen LogP contribution is -2.58. The fraction of sp³-hybridized carbons (Fsp3) is 0.429. The van der Waals surface area contributed by atoms with Gasteiger partial charge in [0.25, 0.3) is 5.91 Å². The number of amides is 2. The van der Waals surface area contributed by atoms with Crippen molar-refractivity contribution in [2.75, 3.05) is 6.54 Å². The molecule has 2 amide bonds. The summed E-state index contributed by atoms with van der Waals surface area (Å²) < 4.78 is 0. The molecule has 0 bridgehead atoms. The minimum atomic E-state index is -0.827. The molecule has 0 aromatic heterocycles. The van der Waals surface area contributed by atoms with Crippen molar-refractivity contribution in [3.8, 4) is 0 Å². The molecule has 1 fully saturated rings. The second-order valence-electron chi connectivity index (χ2n) is 5.01. The Labute approximate surface area is 111 Å². The number of piperidine rings is 1. The van der Waals surface area contributed by atoms with E-state index < -0.39 is 12.3 Å². The lowest BCUT2D eigenvalue weighted by atomic mass is 9.94. The van der Waals surface area contributed by atoms with Crippen LogP contribution in [0.2, 0.25) is 0 Å². The van der Waals surface area contributed by atoms with Gasteiger partial charge in [0.05, 0.1) is 12.5 Å². The molecule has 1 aromatic rings. The van der Waals surface area contributed by atoms with Crippen molar-refractivity contribution in [1.29, 1.82) is 0 Å². The largest absolute Gasteiger partial charge is 0.376 e. The van der Waals surface area contributed by atoms with Gasteiger partial charge in [-0.05, 0) is 31.0 Å². The van der Waals surface area contributed by atoms with Crippen LogP contribution in [0.15, 0.2) is 24.3 Å². The number of imide groups is 1. The third-order valence-electron chi connectivity index (χ3n) is 3.80. The van der Waals surface area contributed by atoms with E-state index in [1.54, 1.807) is 18.2 Å². The Morgan fingerprint density at radius 3 is 2.84 bits per heavy atom. The number of hydrogen-bond acceptors (Lipinski definition) is 4. The Kier molecular flexibility index (Phi) is 3.08. The number of carbonyl (C=O) groups excluding carboxylic acids is 2. The third kappa shape index (κ3) is 2.05. The molecule has 2 unspecified atom stereocenters. The van der Waals surface area contributed by atoms with Gasteiger partial charge in [-0.25, -0.2) is 0 Å². The lowest BCUT2D eigenvalue weighted by molar-refractivity contribution is -0.133. The normalized spacial score (nSPS) is 27.3. The van der Waals surface area contributed by atoms with Crippen LogP contribution in [0.3, 0.4) is 0 Å². The first-order chi connectivity index (χ1) is 9.18. The minimum Gasteiger partial charge on any atom is -0.376 e. The van der Waals surface area contributed by atoms with Gasteiger partial charge in [0.1, 0.15) is 6.23 Å². The minimum absolute atomic E-state index is 0.226. The Hall–Kier alpha value is -1.72. The van der Waals surface area contributed by atoms with Gasteiger partial charge < -0.3 is 5.11 Å². The van der Waals surface area contributed by atoms with Gasteiger partial charge in [-0.15, -0.1) is 0 Å². The first-order valence-corrected chi connectivity index (χ1v) is 6.54. The molecule has 1 aromatic carbocycles. The number of nitrogens with one attached hydrogen (secondary N) is 1. The van der Waals surface area contributed by atoms with E-state index in [0.717, 1.165) is 12.0 Å². The third-order valence-corrected chi connectivity index (χ3v) is 3.80. The predicted octanol–water partition coefficient (Wildman–Crippen LogP) is 0.282. The van der Waals surface area contributed by atoms with Gasteiger partial charge in [0.15, 0.2) is 0 Å². The monoisotopic (exact) mass is 260 g/mol. The van der Waals surface area contributed by atoms with Crippen LogP contribution in [-0.4, -0.2) is 40.6 Å². The Morgan fingerprint density at radius 2 is 2.05 bits per heavy atom. The molecule has 2 N–H and O–H groups in total. The van der Waals surface area contributed by atoms with Crippen molar-refractivity contribution < 1.29 is 14.7 Å². The van der Waals surface area contributed by atoms with Gasteiger partial charge in [-0.1, -0.05) is 18.2 Å². The summed E-state index contributed by atoms with van der Waals surface area (Å²) in [6.07, 6.45) is 0.895. The highest BCUT2D eigenvalue weighted by atomic mass is 16.3. The molecular weight excluding hydrogens is 244 g/mol. The maximum atomic E-state index is 12.4. The first kappa shape index (κ1) is 12.3. The van der Waals surface area contributed by atoms with Crippen molar-refractivity contribution in [1.82, 2.24) is 10.2 Å². The molecule has 100 valence electrons. The topological polar surface area (TPSA) is 69.6 Å². The lowest BCUT2D eigenvalue weighted by Gasteiger charge is -2.38. The standard InChI is InChI=1S/C14H16N2O3/c17-12-8-9-4-1-2-5-10(9)14(19)16(12)11-6-3-7-15-13(11)18/h1-2,4-5,11,13,15,18H,3,6-8H2. The molecule has 0 spiro atoms. The van der Waals surface area contributed by atoms with Gasteiger partial charge >= 0.3 is 0 Å². The number of carbonyl (C=O) groups is 2. The van der Waals surface area contributed by atoms with Crippen LogP contribution in [0.25, 0.3) is 0 Å². The highest BCUT2D eigenvalue weighted by Gasteiger charge is 2.39. The second-order valence-corrected chi connectivity index (χ2v) is 5.01. The number of fused-ring (bicyclic) bond motifs is 1. The zero-order valence-electron chi connectivity index (χ0n) is 10.5. The van der Waals surface area contributed by atoms with Crippen LogP contribution in [0.1, 0.15) is 28.8 Å². The SMILES string of the molecule is O=C1Cc2ccccc2C(=O)N1C1CCCNC1O. The summed E-state index contributed by atoms with van der Waals surface area (Å²) in [5.41, 5.74) is 1.34. The predicted molar refractivity (Wildman–Crippen MR) is 68.4 cm³/mol. The number of aliphatic hydroxyl groups excluding tert-OH is 1. The fourth-order valence-electron chi connectivity index (χ4n) is 2.84. The molecule has 19 heavy (non-hydrogen) atoms. The smallest absolute Gasteiger partial charge is 0.261 e. The summed E-state index contributed by atoms with van der Waals surface area (Å²) in [7, 11) is 0. The summed E-state index contributed by atoms with van der Waals surface area (Å²) in [4.78, 5) is 25.9. The van der Waals surface area contributed by atoms with Crippen LogP contribution in [-0.2, 0) is 11.2 Å². The van der Waals surface area contributed by atoms with Gasteiger partial charge in [0, 0.05) is 5.56 Å². The van der Waals surface area contributed by atoms with E-state index >= 15 is 0 Å². The summed E-state index contributed by atoms with van der Waals surface area (Å²) in [5, 5.41) is 12.9. The van der Waals surface area contributed by atoms with Crippen molar-refractivity contribution in [3.63, 3.8) is 0 Å². The summed E-state index contributed by atoms with van der Waals surface area (Å²) in [6.45, 7) is 0.713. The molecule has 2 atom stereocenters. The molecule has 0 aliphatic carbocycles. The van der Waals surface area contributed by atoms with Gasteiger partial charge in [-0.3, -0.25) is 19.8 Å². The first-order valence-electron chi connectivity index (χ1n) is 6.54. The van der Waals surface area contributed by atoms with E-state index in [0.29, 0.717) is 18.5 Å².